The van der Waals surface area contributed by atoms with Crippen LogP contribution in [0.5, 0.6) is 5.75 Å². The van der Waals surface area contributed by atoms with Crippen LogP contribution in [0.4, 0.5) is 0 Å². The minimum atomic E-state index is -0.732. The van der Waals surface area contributed by atoms with E-state index in [0.29, 0.717) is 61.6 Å². The number of hydrogen-bond acceptors (Lipinski definition) is 4. The minimum absolute atomic E-state index is 0.00490. The number of amides is 2. The van der Waals surface area contributed by atoms with Crippen LogP contribution in [0, 0.1) is 11.8 Å². The number of benzene rings is 2. The summed E-state index contributed by atoms with van der Waals surface area (Å²) in [5.74, 6) is -0.153. The van der Waals surface area contributed by atoms with Crippen LogP contribution in [0.3, 0.4) is 0 Å². The number of aliphatic carboxylic acids is 1. The third-order valence-corrected chi connectivity index (χ3v) is 6.00. The lowest BCUT2D eigenvalue weighted by Gasteiger charge is -2.26. The molecule has 0 spiro atoms. The number of carboxylic acid groups (broad SMARTS) is 1. The van der Waals surface area contributed by atoms with Crippen molar-refractivity contribution in [1.82, 2.24) is 10.6 Å². The van der Waals surface area contributed by atoms with E-state index in [4.69, 9.17) is 9.84 Å². The summed E-state index contributed by atoms with van der Waals surface area (Å²) in [5.41, 5.74) is 2.32. The second-order valence-electron chi connectivity index (χ2n) is 9.26. The fourth-order valence-electron chi connectivity index (χ4n) is 4.12. The van der Waals surface area contributed by atoms with Crippen LogP contribution < -0.4 is 15.4 Å². The zero-order valence-corrected chi connectivity index (χ0v) is 19.9. The summed E-state index contributed by atoms with van der Waals surface area (Å²) in [6.07, 6.45) is 3.67. The van der Waals surface area contributed by atoms with E-state index in [1.54, 1.807) is 24.3 Å². The highest BCUT2D eigenvalue weighted by Crippen LogP contribution is 2.28. The molecule has 7 nitrogen and oxygen atoms in total. The summed E-state index contributed by atoms with van der Waals surface area (Å²) in [6.45, 7) is 4.97. The first kappa shape index (κ1) is 25.3. The molecule has 0 aromatic heterocycles. The standard InChI is InChI=1S/C27H34N2O5/c1-18(2)17-19-3-5-20(6-4-19)25(30)28-15-16-29-26(31)21-7-11-23(12-8-21)34-24-13-9-22(10-14-24)27(32)33/h3-8,11-12,18,22,24H,9-10,13-17H2,1-2H3,(H,28,30)(H,29,31)(H,32,33)/t22-,24+. The van der Waals surface area contributed by atoms with Crippen molar-refractivity contribution in [3.8, 4) is 5.75 Å². The van der Waals surface area contributed by atoms with Gasteiger partial charge in [-0.3, -0.25) is 14.4 Å². The van der Waals surface area contributed by atoms with E-state index in [0.717, 1.165) is 6.42 Å². The number of nitrogens with one attached hydrogen (secondary N) is 2. The lowest BCUT2D eigenvalue weighted by Crippen LogP contribution is -2.34. The van der Waals surface area contributed by atoms with Crippen LogP contribution >= 0.6 is 0 Å². The van der Waals surface area contributed by atoms with E-state index >= 15 is 0 Å². The Morgan fingerprint density at radius 2 is 1.35 bits per heavy atom. The first-order valence-corrected chi connectivity index (χ1v) is 12.0. The van der Waals surface area contributed by atoms with Crippen LogP contribution in [-0.4, -0.2) is 42.1 Å². The number of carbonyl (C=O) groups excluding carboxylic acids is 2. The van der Waals surface area contributed by atoms with Gasteiger partial charge in [0.1, 0.15) is 5.75 Å². The second-order valence-corrected chi connectivity index (χ2v) is 9.26. The molecular formula is C27H34N2O5. The Balaban J connectivity index is 1.37. The van der Waals surface area contributed by atoms with Crippen molar-refractivity contribution in [2.45, 2.75) is 52.1 Å². The molecule has 1 saturated carbocycles. The monoisotopic (exact) mass is 466 g/mol. The molecule has 0 radical (unpaired) electrons. The molecule has 1 aliphatic carbocycles. The van der Waals surface area contributed by atoms with Crippen LogP contribution in [0.15, 0.2) is 48.5 Å². The summed E-state index contributed by atoms with van der Waals surface area (Å²) in [7, 11) is 0. The van der Waals surface area contributed by atoms with E-state index < -0.39 is 5.97 Å². The molecule has 34 heavy (non-hydrogen) atoms. The van der Waals surface area contributed by atoms with E-state index in [1.165, 1.54) is 5.56 Å². The Morgan fingerprint density at radius 3 is 1.82 bits per heavy atom. The van der Waals surface area contributed by atoms with Crippen LogP contribution in [0.25, 0.3) is 0 Å². The molecule has 1 fully saturated rings. The third kappa shape index (κ3) is 7.61. The maximum atomic E-state index is 12.4. The molecular weight excluding hydrogens is 432 g/mol. The molecule has 0 saturated heterocycles. The highest BCUT2D eigenvalue weighted by atomic mass is 16.5. The number of carboxylic acids is 1. The molecule has 2 aromatic rings. The van der Waals surface area contributed by atoms with Gasteiger partial charge in [0.15, 0.2) is 0 Å². The summed E-state index contributed by atoms with van der Waals surface area (Å²) >= 11 is 0. The number of ether oxygens (including phenoxy) is 1. The average molecular weight is 467 g/mol. The van der Waals surface area contributed by atoms with Crippen molar-refractivity contribution >= 4 is 17.8 Å². The molecule has 182 valence electrons. The van der Waals surface area contributed by atoms with Crippen molar-refractivity contribution in [3.63, 3.8) is 0 Å². The van der Waals surface area contributed by atoms with Crippen LogP contribution in [-0.2, 0) is 11.2 Å². The predicted molar refractivity (Wildman–Crippen MR) is 130 cm³/mol. The maximum absolute atomic E-state index is 12.4. The molecule has 2 amide bonds. The van der Waals surface area contributed by atoms with Gasteiger partial charge < -0.3 is 20.5 Å². The van der Waals surface area contributed by atoms with Gasteiger partial charge in [0, 0.05) is 24.2 Å². The summed E-state index contributed by atoms with van der Waals surface area (Å²) in [5, 5.41) is 14.7. The number of hydrogen-bond donors (Lipinski definition) is 3. The molecule has 0 heterocycles. The zero-order valence-electron chi connectivity index (χ0n) is 19.9. The van der Waals surface area contributed by atoms with Gasteiger partial charge >= 0.3 is 5.97 Å². The Kier molecular flexibility index (Phi) is 9.08. The Morgan fingerprint density at radius 1 is 0.853 bits per heavy atom. The number of rotatable bonds is 10. The fraction of sp³-hybridized carbons (Fsp3) is 0.444. The van der Waals surface area contributed by atoms with Gasteiger partial charge in [-0.2, -0.15) is 0 Å². The maximum Gasteiger partial charge on any atom is 0.306 e. The van der Waals surface area contributed by atoms with E-state index in [1.807, 2.05) is 24.3 Å². The van der Waals surface area contributed by atoms with E-state index in [9.17, 15) is 14.4 Å². The van der Waals surface area contributed by atoms with Crippen molar-refractivity contribution in [3.05, 3.63) is 65.2 Å². The average Bonchev–Trinajstić information content (AvgIpc) is 2.82. The van der Waals surface area contributed by atoms with Crippen molar-refractivity contribution in [2.24, 2.45) is 11.8 Å². The van der Waals surface area contributed by atoms with Crippen LogP contribution in [0.1, 0.15) is 65.8 Å². The normalized spacial score (nSPS) is 17.7. The van der Waals surface area contributed by atoms with E-state index in [-0.39, 0.29) is 23.8 Å². The fourth-order valence-corrected chi connectivity index (χ4v) is 4.12. The van der Waals surface area contributed by atoms with Gasteiger partial charge in [-0.15, -0.1) is 0 Å². The van der Waals surface area contributed by atoms with Gasteiger partial charge in [-0.05, 0) is 80.0 Å². The van der Waals surface area contributed by atoms with Gasteiger partial charge in [0.25, 0.3) is 11.8 Å². The first-order valence-electron chi connectivity index (χ1n) is 12.0. The minimum Gasteiger partial charge on any atom is -0.490 e. The molecule has 0 atom stereocenters. The van der Waals surface area contributed by atoms with Crippen LogP contribution in [0.2, 0.25) is 0 Å². The van der Waals surface area contributed by atoms with E-state index in [2.05, 4.69) is 24.5 Å². The molecule has 0 aliphatic heterocycles. The quantitative estimate of drug-likeness (QED) is 0.458. The van der Waals surface area contributed by atoms with Gasteiger partial charge in [0.05, 0.1) is 12.0 Å². The topological polar surface area (TPSA) is 105 Å². The molecule has 3 rings (SSSR count). The number of carbonyl (C=O) groups is 3. The van der Waals surface area contributed by atoms with Crippen molar-refractivity contribution < 1.29 is 24.2 Å². The van der Waals surface area contributed by atoms with Gasteiger partial charge in [0.2, 0.25) is 0 Å². The molecule has 7 heteroatoms. The lowest BCUT2D eigenvalue weighted by atomic mass is 9.87. The Labute approximate surface area is 200 Å². The molecule has 0 unspecified atom stereocenters. The van der Waals surface area contributed by atoms with Crippen molar-refractivity contribution in [1.29, 1.82) is 0 Å². The predicted octanol–water partition coefficient (Wildman–Crippen LogP) is 4.07. The summed E-state index contributed by atoms with van der Waals surface area (Å²) in [6, 6.07) is 14.5. The molecule has 0 bridgehead atoms. The Hall–Kier alpha value is -3.35. The second kappa shape index (κ2) is 12.2. The van der Waals surface area contributed by atoms with Gasteiger partial charge in [-0.1, -0.05) is 26.0 Å². The Bertz CT molecular complexity index is 962. The smallest absolute Gasteiger partial charge is 0.306 e. The lowest BCUT2D eigenvalue weighted by molar-refractivity contribution is -0.143. The van der Waals surface area contributed by atoms with Crippen molar-refractivity contribution in [2.75, 3.05) is 13.1 Å². The third-order valence-electron chi connectivity index (χ3n) is 6.00. The highest BCUT2D eigenvalue weighted by molar-refractivity contribution is 5.95. The first-order chi connectivity index (χ1) is 16.3. The van der Waals surface area contributed by atoms with Gasteiger partial charge in [-0.25, -0.2) is 0 Å². The largest absolute Gasteiger partial charge is 0.490 e. The molecule has 1 aliphatic rings. The molecule has 2 aromatic carbocycles. The molecule has 3 N–H and O–H groups in total. The highest BCUT2D eigenvalue weighted by Gasteiger charge is 2.26. The summed E-state index contributed by atoms with van der Waals surface area (Å²) in [4.78, 5) is 35.7. The summed E-state index contributed by atoms with van der Waals surface area (Å²) < 4.78 is 5.94. The zero-order chi connectivity index (χ0) is 24.5. The SMILES string of the molecule is CC(C)Cc1ccc(C(=O)NCCNC(=O)c2ccc(O[C@H]3CC[C@@H](C(=O)O)CC3)cc2)cc1.